The fourth-order valence-corrected chi connectivity index (χ4v) is 2.61. The van der Waals surface area contributed by atoms with Crippen LogP contribution in [0.15, 0.2) is 54.9 Å². The Balaban J connectivity index is 1.66. The van der Waals surface area contributed by atoms with Gasteiger partial charge in [0.05, 0.1) is 0 Å². The highest BCUT2D eigenvalue weighted by Crippen LogP contribution is 2.12. The van der Waals surface area contributed by atoms with Gasteiger partial charge in [-0.15, -0.1) is 0 Å². The van der Waals surface area contributed by atoms with Crippen LogP contribution in [0.25, 0.3) is 5.65 Å². The SMILES string of the molecule is O=C(Cc1ccc(CC(F)F)cc1)Cc1cccc2nccn12. The Morgan fingerprint density at radius 2 is 1.78 bits per heavy atom. The lowest BCUT2D eigenvalue weighted by Gasteiger charge is -2.06. The zero-order valence-electron chi connectivity index (χ0n) is 12.5. The van der Waals surface area contributed by atoms with Crippen molar-refractivity contribution in [2.45, 2.75) is 25.7 Å². The van der Waals surface area contributed by atoms with Crippen molar-refractivity contribution in [2.24, 2.45) is 0 Å². The van der Waals surface area contributed by atoms with Crippen LogP contribution in [-0.2, 0) is 24.1 Å². The van der Waals surface area contributed by atoms with Gasteiger partial charge in [-0.25, -0.2) is 13.8 Å². The molecule has 0 radical (unpaired) electrons. The lowest BCUT2D eigenvalue weighted by atomic mass is 10.0. The van der Waals surface area contributed by atoms with Crippen molar-refractivity contribution in [1.29, 1.82) is 0 Å². The van der Waals surface area contributed by atoms with E-state index in [2.05, 4.69) is 4.98 Å². The molecule has 0 fully saturated rings. The molecule has 118 valence electrons. The summed E-state index contributed by atoms with van der Waals surface area (Å²) < 4.78 is 26.5. The van der Waals surface area contributed by atoms with E-state index in [-0.39, 0.29) is 12.2 Å². The standard InChI is InChI=1S/C18H16F2N2O/c19-17(20)11-14-6-4-13(5-7-14)10-16(23)12-15-2-1-3-18-21-8-9-22(15)18/h1-9,17H,10-12H2. The van der Waals surface area contributed by atoms with Crippen LogP contribution in [0.3, 0.4) is 0 Å². The van der Waals surface area contributed by atoms with Gasteiger partial charge in [0, 0.05) is 37.4 Å². The molecule has 0 N–H and O–H groups in total. The van der Waals surface area contributed by atoms with Gasteiger partial charge in [0.2, 0.25) is 6.43 Å². The van der Waals surface area contributed by atoms with Crippen molar-refractivity contribution in [1.82, 2.24) is 9.38 Å². The highest BCUT2D eigenvalue weighted by molar-refractivity contribution is 5.83. The monoisotopic (exact) mass is 314 g/mol. The number of ketones is 1. The van der Waals surface area contributed by atoms with Gasteiger partial charge in [-0.1, -0.05) is 30.3 Å². The Morgan fingerprint density at radius 3 is 2.52 bits per heavy atom. The number of aromatic nitrogens is 2. The predicted molar refractivity (Wildman–Crippen MR) is 83.8 cm³/mol. The summed E-state index contributed by atoms with van der Waals surface area (Å²) in [5.74, 6) is 0.0767. The molecule has 0 aliphatic heterocycles. The van der Waals surface area contributed by atoms with Crippen LogP contribution in [0, 0.1) is 0 Å². The minimum atomic E-state index is -2.35. The van der Waals surface area contributed by atoms with Gasteiger partial charge in [-0.05, 0) is 23.3 Å². The van der Waals surface area contributed by atoms with Crippen LogP contribution in [0.1, 0.15) is 16.8 Å². The van der Waals surface area contributed by atoms with E-state index in [0.29, 0.717) is 18.4 Å². The Hall–Kier alpha value is -2.56. The van der Waals surface area contributed by atoms with Crippen LogP contribution < -0.4 is 0 Å². The third-order valence-electron chi connectivity index (χ3n) is 3.71. The van der Waals surface area contributed by atoms with E-state index in [1.54, 1.807) is 30.5 Å². The van der Waals surface area contributed by atoms with Crippen molar-refractivity contribution in [2.75, 3.05) is 0 Å². The smallest absolute Gasteiger partial charge is 0.242 e. The van der Waals surface area contributed by atoms with Gasteiger partial charge in [0.25, 0.3) is 0 Å². The Morgan fingerprint density at radius 1 is 1.04 bits per heavy atom. The maximum Gasteiger partial charge on any atom is 0.242 e. The number of pyridine rings is 1. The minimum Gasteiger partial charge on any atom is -0.304 e. The predicted octanol–water partition coefficient (Wildman–Crippen LogP) is 3.50. The number of nitrogens with zero attached hydrogens (tertiary/aromatic N) is 2. The Bertz CT molecular complexity index is 809. The molecule has 3 nitrogen and oxygen atoms in total. The van der Waals surface area contributed by atoms with Gasteiger partial charge in [0.15, 0.2) is 0 Å². The van der Waals surface area contributed by atoms with E-state index in [0.717, 1.165) is 16.9 Å². The summed E-state index contributed by atoms with van der Waals surface area (Å²) in [6.07, 6.45) is 1.53. The summed E-state index contributed by atoms with van der Waals surface area (Å²) in [5.41, 5.74) is 3.12. The zero-order chi connectivity index (χ0) is 16.2. The summed E-state index contributed by atoms with van der Waals surface area (Å²) >= 11 is 0. The van der Waals surface area contributed by atoms with Gasteiger partial charge in [-0.2, -0.15) is 0 Å². The summed E-state index contributed by atoms with van der Waals surface area (Å²) in [4.78, 5) is 16.5. The topological polar surface area (TPSA) is 34.4 Å². The van der Waals surface area contributed by atoms with Crippen LogP contribution in [0.5, 0.6) is 0 Å². The summed E-state index contributed by atoms with van der Waals surface area (Å²) in [6.45, 7) is 0. The molecule has 0 spiro atoms. The molecule has 0 aliphatic carbocycles. The molecule has 0 amide bonds. The maximum absolute atomic E-state index is 12.3. The molecular formula is C18H16F2N2O. The van der Waals surface area contributed by atoms with E-state index in [9.17, 15) is 13.6 Å². The number of alkyl halides is 2. The zero-order valence-corrected chi connectivity index (χ0v) is 12.5. The highest BCUT2D eigenvalue weighted by atomic mass is 19.3. The number of hydrogen-bond donors (Lipinski definition) is 0. The molecule has 0 bridgehead atoms. The normalized spacial score (nSPS) is 11.3. The van der Waals surface area contributed by atoms with E-state index < -0.39 is 6.43 Å². The quantitative estimate of drug-likeness (QED) is 0.698. The largest absolute Gasteiger partial charge is 0.304 e. The molecule has 0 atom stereocenters. The number of Topliss-reactive ketones (excluding diaryl/α,β-unsaturated/α-hetero) is 1. The molecule has 3 rings (SSSR count). The molecule has 0 unspecified atom stereocenters. The first kappa shape index (κ1) is 15.3. The fraction of sp³-hybridized carbons (Fsp3) is 0.222. The molecule has 5 heteroatoms. The number of carbonyl (C=O) groups is 1. The number of rotatable bonds is 6. The average Bonchev–Trinajstić information content (AvgIpc) is 2.98. The first-order valence-electron chi connectivity index (χ1n) is 7.40. The van der Waals surface area contributed by atoms with E-state index in [1.807, 2.05) is 28.8 Å². The number of imidazole rings is 1. The van der Waals surface area contributed by atoms with Crippen molar-refractivity contribution in [3.05, 3.63) is 71.7 Å². The third-order valence-corrected chi connectivity index (χ3v) is 3.71. The summed E-state index contributed by atoms with van der Waals surface area (Å²) in [7, 11) is 0. The van der Waals surface area contributed by atoms with Crippen LogP contribution in [0.2, 0.25) is 0 Å². The van der Waals surface area contributed by atoms with Gasteiger partial charge < -0.3 is 4.40 Å². The Labute approximate surface area is 132 Å². The van der Waals surface area contributed by atoms with Crippen LogP contribution in [0.4, 0.5) is 8.78 Å². The second-order valence-electron chi connectivity index (χ2n) is 5.48. The van der Waals surface area contributed by atoms with Crippen LogP contribution >= 0.6 is 0 Å². The molecule has 2 aromatic heterocycles. The van der Waals surface area contributed by atoms with E-state index in [4.69, 9.17) is 0 Å². The third kappa shape index (κ3) is 3.80. The molecule has 0 saturated carbocycles. The van der Waals surface area contributed by atoms with Crippen LogP contribution in [-0.4, -0.2) is 21.6 Å². The molecule has 23 heavy (non-hydrogen) atoms. The average molecular weight is 314 g/mol. The lowest BCUT2D eigenvalue weighted by Crippen LogP contribution is -2.09. The van der Waals surface area contributed by atoms with Crippen molar-refractivity contribution >= 4 is 11.4 Å². The van der Waals surface area contributed by atoms with Crippen molar-refractivity contribution < 1.29 is 13.6 Å². The van der Waals surface area contributed by atoms with E-state index in [1.165, 1.54) is 0 Å². The highest BCUT2D eigenvalue weighted by Gasteiger charge is 2.09. The van der Waals surface area contributed by atoms with Gasteiger partial charge >= 0.3 is 0 Å². The van der Waals surface area contributed by atoms with Crippen molar-refractivity contribution in [3.8, 4) is 0 Å². The summed E-state index contributed by atoms with van der Waals surface area (Å²) in [6, 6.07) is 12.5. The molecule has 2 heterocycles. The second kappa shape index (κ2) is 6.69. The van der Waals surface area contributed by atoms with Gasteiger partial charge in [0.1, 0.15) is 11.4 Å². The van der Waals surface area contributed by atoms with Gasteiger partial charge in [-0.3, -0.25) is 4.79 Å². The first-order chi connectivity index (χ1) is 11.1. The minimum absolute atomic E-state index is 0.0767. The number of carbonyl (C=O) groups excluding carboxylic acids is 1. The molecule has 0 saturated heterocycles. The number of benzene rings is 1. The summed E-state index contributed by atoms with van der Waals surface area (Å²) in [5, 5.41) is 0. The molecule has 3 aromatic rings. The van der Waals surface area contributed by atoms with Crippen molar-refractivity contribution in [3.63, 3.8) is 0 Å². The first-order valence-corrected chi connectivity index (χ1v) is 7.40. The fourth-order valence-electron chi connectivity index (χ4n) is 2.61. The maximum atomic E-state index is 12.3. The second-order valence-corrected chi connectivity index (χ2v) is 5.48. The van der Waals surface area contributed by atoms with E-state index >= 15 is 0 Å². The number of fused-ring (bicyclic) bond motifs is 1. The molecule has 0 aliphatic rings. The molecular weight excluding hydrogens is 298 g/mol. The molecule has 1 aromatic carbocycles. The number of halogens is 2. The Kier molecular flexibility index (Phi) is 4.46. The number of hydrogen-bond acceptors (Lipinski definition) is 2. The lowest BCUT2D eigenvalue weighted by molar-refractivity contribution is -0.117.